The van der Waals surface area contributed by atoms with Gasteiger partial charge in [-0.2, -0.15) is 0 Å². The van der Waals surface area contributed by atoms with E-state index in [9.17, 15) is 0 Å². The van der Waals surface area contributed by atoms with E-state index in [4.69, 9.17) is 12.2 Å². The molecule has 0 aliphatic heterocycles. The molecule has 0 unspecified atom stereocenters. The van der Waals surface area contributed by atoms with Crippen LogP contribution in [0, 0.1) is 5.92 Å². The molecule has 0 radical (unpaired) electrons. The van der Waals surface area contributed by atoms with E-state index in [2.05, 4.69) is 24.5 Å². The monoisotopic (exact) mass is 228 g/mol. The summed E-state index contributed by atoms with van der Waals surface area (Å²) in [6, 6.07) is 0.634. The van der Waals surface area contributed by atoms with Crippen molar-refractivity contribution in [3.05, 3.63) is 0 Å². The summed E-state index contributed by atoms with van der Waals surface area (Å²) in [6.45, 7) is 5.53. The van der Waals surface area contributed by atoms with E-state index in [1.54, 1.807) is 0 Å². The first-order valence-electron chi connectivity index (χ1n) is 6.23. The van der Waals surface area contributed by atoms with Gasteiger partial charge in [-0.3, -0.25) is 0 Å². The van der Waals surface area contributed by atoms with Crippen molar-refractivity contribution >= 4 is 17.3 Å². The molecule has 1 fully saturated rings. The molecule has 0 atom stereocenters. The van der Waals surface area contributed by atoms with Crippen molar-refractivity contribution in [2.75, 3.05) is 6.54 Å². The second-order valence-electron chi connectivity index (χ2n) is 4.92. The summed E-state index contributed by atoms with van der Waals surface area (Å²) >= 11 is 5.25. The Morgan fingerprint density at radius 2 is 2.00 bits per heavy atom. The van der Waals surface area contributed by atoms with Gasteiger partial charge in [0.15, 0.2) is 5.11 Å². The minimum absolute atomic E-state index is 0.634. The SMILES string of the molecule is CC(C)CCCNC(=S)NC1CCCC1. The smallest absolute Gasteiger partial charge is 0.166 e. The number of thiocarbonyl (C=S) groups is 1. The van der Waals surface area contributed by atoms with E-state index >= 15 is 0 Å². The maximum atomic E-state index is 5.25. The Bertz CT molecular complexity index is 186. The molecule has 1 saturated carbocycles. The number of hydrogen-bond acceptors (Lipinski definition) is 1. The summed E-state index contributed by atoms with van der Waals surface area (Å²) < 4.78 is 0. The van der Waals surface area contributed by atoms with Crippen molar-refractivity contribution in [3.8, 4) is 0 Å². The average molecular weight is 228 g/mol. The number of nitrogens with one attached hydrogen (secondary N) is 2. The zero-order valence-electron chi connectivity index (χ0n) is 10.0. The molecule has 2 nitrogen and oxygen atoms in total. The second kappa shape index (κ2) is 7.04. The summed E-state index contributed by atoms with van der Waals surface area (Å²) in [5, 5.41) is 7.52. The Hall–Kier alpha value is -0.310. The van der Waals surface area contributed by atoms with Gasteiger partial charge in [0.1, 0.15) is 0 Å². The molecule has 1 aliphatic carbocycles. The maximum absolute atomic E-state index is 5.25. The Balaban J connectivity index is 1.98. The Morgan fingerprint density at radius 3 is 2.60 bits per heavy atom. The zero-order valence-corrected chi connectivity index (χ0v) is 10.8. The minimum atomic E-state index is 0.634. The number of hydrogen-bond donors (Lipinski definition) is 2. The van der Waals surface area contributed by atoms with E-state index in [0.29, 0.717) is 6.04 Å². The van der Waals surface area contributed by atoms with Gasteiger partial charge in [-0.15, -0.1) is 0 Å². The fourth-order valence-corrected chi connectivity index (χ4v) is 2.29. The lowest BCUT2D eigenvalue weighted by Gasteiger charge is -2.15. The first-order chi connectivity index (χ1) is 7.18. The van der Waals surface area contributed by atoms with Crippen LogP contribution in [0.5, 0.6) is 0 Å². The quantitative estimate of drug-likeness (QED) is 0.559. The van der Waals surface area contributed by atoms with E-state index in [0.717, 1.165) is 17.6 Å². The Kier molecular flexibility index (Phi) is 5.99. The molecule has 0 spiro atoms. The van der Waals surface area contributed by atoms with E-state index in [-0.39, 0.29) is 0 Å². The highest BCUT2D eigenvalue weighted by molar-refractivity contribution is 7.80. The van der Waals surface area contributed by atoms with Gasteiger partial charge in [0.05, 0.1) is 0 Å². The van der Waals surface area contributed by atoms with Crippen LogP contribution in [-0.4, -0.2) is 17.7 Å². The molecule has 0 aromatic rings. The standard InChI is InChI=1S/C12H24N2S/c1-10(2)6-5-9-13-12(15)14-11-7-3-4-8-11/h10-11H,3-9H2,1-2H3,(H2,13,14,15). The zero-order chi connectivity index (χ0) is 11.1. The van der Waals surface area contributed by atoms with Crippen molar-refractivity contribution in [3.63, 3.8) is 0 Å². The summed E-state index contributed by atoms with van der Waals surface area (Å²) in [6.07, 6.45) is 7.77. The van der Waals surface area contributed by atoms with Gasteiger partial charge in [-0.25, -0.2) is 0 Å². The largest absolute Gasteiger partial charge is 0.363 e. The van der Waals surface area contributed by atoms with Crippen LogP contribution in [0.3, 0.4) is 0 Å². The van der Waals surface area contributed by atoms with Crippen LogP contribution >= 0.6 is 12.2 Å². The van der Waals surface area contributed by atoms with Gasteiger partial charge >= 0.3 is 0 Å². The molecule has 0 bridgehead atoms. The molecule has 3 heteroatoms. The third-order valence-corrected chi connectivity index (χ3v) is 3.20. The van der Waals surface area contributed by atoms with Crippen molar-refractivity contribution in [2.24, 2.45) is 5.92 Å². The van der Waals surface area contributed by atoms with E-state index in [1.165, 1.54) is 38.5 Å². The molecular formula is C12H24N2S. The molecule has 0 heterocycles. The molecule has 2 N–H and O–H groups in total. The van der Waals surface area contributed by atoms with Crippen LogP contribution in [0.15, 0.2) is 0 Å². The van der Waals surface area contributed by atoms with Gasteiger partial charge < -0.3 is 10.6 Å². The van der Waals surface area contributed by atoms with Crippen LogP contribution in [0.2, 0.25) is 0 Å². The normalized spacial score (nSPS) is 17.0. The van der Waals surface area contributed by atoms with Crippen LogP contribution < -0.4 is 10.6 Å². The first kappa shape index (κ1) is 12.8. The topological polar surface area (TPSA) is 24.1 Å². The summed E-state index contributed by atoms with van der Waals surface area (Å²) in [5.74, 6) is 0.795. The highest BCUT2D eigenvalue weighted by Crippen LogP contribution is 2.17. The summed E-state index contributed by atoms with van der Waals surface area (Å²) in [5.41, 5.74) is 0. The lowest BCUT2D eigenvalue weighted by molar-refractivity contribution is 0.547. The van der Waals surface area contributed by atoms with Gasteiger partial charge in [0.2, 0.25) is 0 Å². The van der Waals surface area contributed by atoms with Crippen molar-refractivity contribution in [1.82, 2.24) is 10.6 Å². The molecule has 0 aromatic carbocycles. The van der Waals surface area contributed by atoms with Crippen molar-refractivity contribution in [2.45, 2.75) is 58.4 Å². The molecule has 1 rings (SSSR count). The van der Waals surface area contributed by atoms with Crippen LogP contribution in [0.25, 0.3) is 0 Å². The lowest BCUT2D eigenvalue weighted by Crippen LogP contribution is -2.41. The summed E-state index contributed by atoms with van der Waals surface area (Å²) in [4.78, 5) is 0. The molecule has 0 saturated heterocycles. The molecule has 0 aromatic heterocycles. The predicted octanol–water partition coefficient (Wildman–Crippen LogP) is 2.83. The van der Waals surface area contributed by atoms with Gasteiger partial charge in [-0.1, -0.05) is 26.7 Å². The van der Waals surface area contributed by atoms with Crippen LogP contribution in [-0.2, 0) is 0 Å². The van der Waals surface area contributed by atoms with Gasteiger partial charge in [0.25, 0.3) is 0 Å². The molecule has 15 heavy (non-hydrogen) atoms. The number of rotatable bonds is 5. The molecular weight excluding hydrogens is 204 g/mol. The van der Waals surface area contributed by atoms with Crippen LogP contribution in [0.4, 0.5) is 0 Å². The third kappa shape index (κ3) is 5.98. The Morgan fingerprint density at radius 1 is 1.33 bits per heavy atom. The fourth-order valence-electron chi connectivity index (χ4n) is 2.02. The molecule has 0 amide bonds. The van der Waals surface area contributed by atoms with E-state index < -0.39 is 0 Å². The van der Waals surface area contributed by atoms with Gasteiger partial charge in [-0.05, 0) is 43.8 Å². The fraction of sp³-hybridized carbons (Fsp3) is 0.917. The highest BCUT2D eigenvalue weighted by Gasteiger charge is 2.14. The average Bonchev–Trinajstić information content (AvgIpc) is 2.64. The van der Waals surface area contributed by atoms with Crippen molar-refractivity contribution in [1.29, 1.82) is 0 Å². The van der Waals surface area contributed by atoms with Crippen molar-refractivity contribution < 1.29 is 0 Å². The Labute approximate surface area is 99.2 Å². The maximum Gasteiger partial charge on any atom is 0.166 e. The van der Waals surface area contributed by atoms with Gasteiger partial charge in [0, 0.05) is 12.6 Å². The third-order valence-electron chi connectivity index (χ3n) is 2.93. The van der Waals surface area contributed by atoms with Crippen LogP contribution in [0.1, 0.15) is 52.4 Å². The second-order valence-corrected chi connectivity index (χ2v) is 5.33. The first-order valence-corrected chi connectivity index (χ1v) is 6.63. The lowest BCUT2D eigenvalue weighted by atomic mass is 10.1. The summed E-state index contributed by atoms with van der Waals surface area (Å²) in [7, 11) is 0. The predicted molar refractivity (Wildman–Crippen MR) is 70.1 cm³/mol. The minimum Gasteiger partial charge on any atom is -0.363 e. The molecule has 1 aliphatic rings. The van der Waals surface area contributed by atoms with E-state index in [1.807, 2.05) is 0 Å². The highest BCUT2D eigenvalue weighted by atomic mass is 32.1. The molecule has 88 valence electrons.